The van der Waals surface area contributed by atoms with Gasteiger partial charge in [0.1, 0.15) is 5.94 Å². The van der Waals surface area contributed by atoms with Crippen molar-refractivity contribution in [3.05, 3.63) is 28.8 Å². The molecule has 0 aliphatic rings. The predicted octanol–water partition coefficient (Wildman–Crippen LogP) is 3.84. The van der Waals surface area contributed by atoms with Crippen molar-refractivity contribution in [3.8, 4) is 0 Å². The van der Waals surface area contributed by atoms with E-state index in [0.717, 1.165) is 6.92 Å². The molecule has 0 atom stereocenters. The summed E-state index contributed by atoms with van der Waals surface area (Å²) < 4.78 is 82.2. The topological polar surface area (TPSA) is 52.3 Å². The molecule has 130 valence electrons. The van der Waals surface area contributed by atoms with Gasteiger partial charge in [0.05, 0.1) is 11.1 Å². The van der Waals surface area contributed by atoms with Crippen LogP contribution in [0.5, 0.6) is 0 Å². The van der Waals surface area contributed by atoms with Crippen LogP contribution in [0.4, 0.5) is 26.3 Å². The Hall–Kier alpha value is -1.42. The summed E-state index contributed by atoms with van der Waals surface area (Å²) in [5.41, 5.74) is 2.26. The van der Waals surface area contributed by atoms with Crippen LogP contribution < -0.4 is 5.73 Å². The summed E-state index contributed by atoms with van der Waals surface area (Å²) in [6, 6.07) is 0.689. The third-order valence-electron chi connectivity index (χ3n) is 2.68. The summed E-state index contributed by atoms with van der Waals surface area (Å²) in [6.07, 6.45) is -10.1. The Morgan fingerprint density at radius 3 is 2.22 bits per heavy atom. The molecule has 3 nitrogen and oxygen atoms in total. The SMILES string of the molecule is CC(=O)OCSc1c(CCN)cc(C(F)(F)F)cc1C(F)(F)F. The Morgan fingerprint density at radius 1 is 1.17 bits per heavy atom. The van der Waals surface area contributed by atoms with Gasteiger partial charge in [0, 0.05) is 11.8 Å². The molecule has 0 saturated carbocycles. The van der Waals surface area contributed by atoms with E-state index in [1.807, 2.05) is 0 Å². The number of carbonyl (C=O) groups is 1. The molecule has 0 saturated heterocycles. The molecule has 0 bridgehead atoms. The van der Waals surface area contributed by atoms with Gasteiger partial charge >= 0.3 is 18.3 Å². The lowest BCUT2D eigenvalue weighted by Crippen LogP contribution is -2.16. The Labute approximate surface area is 132 Å². The van der Waals surface area contributed by atoms with E-state index >= 15 is 0 Å². The van der Waals surface area contributed by atoms with Crippen molar-refractivity contribution in [2.45, 2.75) is 30.6 Å². The molecule has 2 N–H and O–H groups in total. The van der Waals surface area contributed by atoms with Crippen LogP contribution in [0, 0.1) is 0 Å². The first-order valence-corrected chi connectivity index (χ1v) is 7.23. The highest BCUT2D eigenvalue weighted by Gasteiger charge is 2.39. The van der Waals surface area contributed by atoms with Crippen LogP contribution >= 0.6 is 11.8 Å². The van der Waals surface area contributed by atoms with E-state index in [1.165, 1.54) is 0 Å². The van der Waals surface area contributed by atoms with Crippen LogP contribution in [0.2, 0.25) is 0 Å². The van der Waals surface area contributed by atoms with Gasteiger partial charge in [-0.05, 0) is 30.7 Å². The predicted molar refractivity (Wildman–Crippen MR) is 71.7 cm³/mol. The minimum atomic E-state index is -4.98. The van der Waals surface area contributed by atoms with Gasteiger partial charge in [0.15, 0.2) is 0 Å². The van der Waals surface area contributed by atoms with Crippen molar-refractivity contribution in [2.75, 3.05) is 12.5 Å². The third kappa shape index (κ3) is 5.61. The first-order valence-electron chi connectivity index (χ1n) is 6.24. The normalized spacial score (nSPS) is 12.3. The van der Waals surface area contributed by atoms with E-state index in [4.69, 9.17) is 5.73 Å². The minimum Gasteiger partial charge on any atom is -0.454 e. The molecule has 0 fully saturated rings. The zero-order valence-corrected chi connectivity index (χ0v) is 12.7. The van der Waals surface area contributed by atoms with E-state index in [9.17, 15) is 31.1 Å². The van der Waals surface area contributed by atoms with Gasteiger partial charge in [-0.3, -0.25) is 4.79 Å². The van der Waals surface area contributed by atoms with Crippen LogP contribution in [0.1, 0.15) is 23.6 Å². The van der Waals surface area contributed by atoms with Gasteiger partial charge in [-0.25, -0.2) is 0 Å². The average Bonchev–Trinajstić information content (AvgIpc) is 2.37. The molecule has 0 aliphatic carbocycles. The number of thioether (sulfide) groups is 1. The van der Waals surface area contributed by atoms with Gasteiger partial charge in [-0.1, -0.05) is 11.8 Å². The Bertz CT molecular complexity index is 571. The summed E-state index contributed by atoms with van der Waals surface area (Å²) in [4.78, 5) is 10.3. The molecule has 0 unspecified atom stereocenters. The third-order valence-corrected chi connectivity index (χ3v) is 3.68. The molecule has 0 radical (unpaired) electrons. The van der Waals surface area contributed by atoms with Crippen molar-refractivity contribution >= 4 is 17.7 Å². The maximum Gasteiger partial charge on any atom is 0.417 e. The molecule has 0 aromatic heterocycles. The van der Waals surface area contributed by atoms with Gasteiger partial charge in [0.25, 0.3) is 0 Å². The lowest BCUT2D eigenvalue weighted by Gasteiger charge is -2.19. The highest BCUT2D eigenvalue weighted by molar-refractivity contribution is 7.99. The second kappa shape index (κ2) is 7.43. The fraction of sp³-hybridized carbons (Fsp3) is 0.462. The number of hydrogen-bond acceptors (Lipinski definition) is 4. The van der Waals surface area contributed by atoms with Crippen molar-refractivity contribution in [3.63, 3.8) is 0 Å². The Balaban J connectivity index is 3.40. The van der Waals surface area contributed by atoms with E-state index in [-0.39, 0.29) is 24.6 Å². The standard InChI is InChI=1S/C13H13F6NO2S/c1-7(21)22-6-23-11-8(2-3-20)4-9(12(14,15)16)5-10(11)13(17,18)19/h4-5H,2-3,6,20H2,1H3. The second-order valence-corrected chi connectivity index (χ2v) is 5.38. The zero-order valence-electron chi connectivity index (χ0n) is 11.8. The summed E-state index contributed by atoms with van der Waals surface area (Å²) in [7, 11) is 0. The van der Waals surface area contributed by atoms with E-state index < -0.39 is 40.3 Å². The first-order chi connectivity index (χ1) is 10.5. The number of ether oxygens (including phenoxy) is 1. The molecule has 1 aromatic carbocycles. The van der Waals surface area contributed by atoms with Crippen LogP contribution in [0.15, 0.2) is 17.0 Å². The molecule has 10 heteroatoms. The first kappa shape index (κ1) is 19.6. The van der Waals surface area contributed by atoms with Crippen LogP contribution in [0.25, 0.3) is 0 Å². The molecule has 0 amide bonds. The largest absolute Gasteiger partial charge is 0.454 e. The molecule has 23 heavy (non-hydrogen) atoms. The highest BCUT2D eigenvalue weighted by Crippen LogP contribution is 2.42. The number of nitrogens with two attached hydrogens (primary N) is 1. The summed E-state index contributed by atoms with van der Waals surface area (Å²) in [5.74, 6) is -1.15. The Kier molecular flexibility index (Phi) is 6.34. The van der Waals surface area contributed by atoms with Gasteiger partial charge in [-0.15, -0.1) is 0 Å². The molecule has 0 heterocycles. The van der Waals surface area contributed by atoms with Gasteiger partial charge < -0.3 is 10.5 Å². The van der Waals surface area contributed by atoms with E-state index in [0.29, 0.717) is 17.8 Å². The van der Waals surface area contributed by atoms with Gasteiger partial charge in [0.2, 0.25) is 0 Å². The average molecular weight is 361 g/mol. The lowest BCUT2D eigenvalue weighted by molar-refractivity contribution is -0.144. The molecular weight excluding hydrogens is 348 g/mol. The molecule has 1 aromatic rings. The molecular formula is C13H13F6NO2S. The number of alkyl halides is 6. The maximum atomic E-state index is 13.1. The van der Waals surface area contributed by atoms with Crippen LogP contribution in [0.3, 0.4) is 0 Å². The van der Waals surface area contributed by atoms with Crippen molar-refractivity contribution < 1.29 is 35.9 Å². The number of hydrogen-bond donors (Lipinski definition) is 1. The highest BCUT2D eigenvalue weighted by atomic mass is 32.2. The van der Waals surface area contributed by atoms with Crippen LogP contribution in [-0.2, 0) is 28.3 Å². The van der Waals surface area contributed by atoms with E-state index in [1.54, 1.807) is 0 Å². The number of benzene rings is 1. The maximum absolute atomic E-state index is 13.1. The number of carbonyl (C=O) groups excluding carboxylic acids is 1. The molecule has 0 spiro atoms. The van der Waals surface area contributed by atoms with Gasteiger partial charge in [-0.2, -0.15) is 26.3 Å². The lowest BCUT2D eigenvalue weighted by atomic mass is 10.0. The Morgan fingerprint density at radius 2 is 1.78 bits per heavy atom. The van der Waals surface area contributed by atoms with Crippen LogP contribution in [-0.4, -0.2) is 18.5 Å². The summed E-state index contributed by atoms with van der Waals surface area (Å²) in [5, 5.41) is 0. The van der Waals surface area contributed by atoms with Crippen molar-refractivity contribution in [1.29, 1.82) is 0 Å². The minimum absolute atomic E-state index is 0.0517. The summed E-state index contributed by atoms with van der Waals surface area (Å²) in [6.45, 7) is 0.943. The van der Waals surface area contributed by atoms with E-state index in [2.05, 4.69) is 4.74 Å². The fourth-order valence-corrected chi connectivity index (χ4v) is 2.77. The number of rotatable bonds is 5. The number of esters is 1. The molecule has 0 aliphatic heterocycles. The number of halogens is 6. The zero-order chi connectivity index (χ0) is 17.8. The quantitative estimate of drug-likeness (QED) is 0.375. The monoisotopic (exact) mass is 361 g/mol. The van der Waals surface area contributed by atoms with Crippen molar-refractivity contribution in [2.24, 2.45) is 5.73 Å². The smallest absolute Gasteiger partial charge is 0.417 e. The second-order valence-electron chi connectivity index (χ2n) is 4.44. The summed E-state index contributed by atoms with van der Waals surface area (Å²) >= 11 is 0.502. The fourth-order valence-electron chi connectivity index (χ4n) is 1.75. The van der Waals surface area contributed by atoms with Crippen molar-refractivity contribution in [1.82, 2.24) is 0 Å². The molecule has 1 rings (SSSR count).